The van der Waals surface area contributed by atoms with Crippen LogP contribution in [0.4, 0.5) is 0 Å². The molecule has 0 aliphatic carbocycles. The highest BCUT2D eigenvalue weighted by Crippen LogP contribution is 2.15. The molecule has 1 aromatic rings. The SMILES string of the molecule is CCCN(C)S(=O)(=O)c1ccc(CN)cc1. The van der Waals surface area contributed by atoms with E-state index in [9.17, 15) is 8.42 Å². The molecule has 0 aromatic heterocycles. The minimum absolute atomic E-state index is 0.320. The van der Waals surface area contributed by atoms with Crippen molar-refractivity contribution in [1.29, 1.82) is 0 Å². The van der Waals surface area contributed by atoms with Crippen LogP contribution < -0.4 is 5.73 Å². The smallest absolute Gasteiger partial charge is 0.242 e. The van der Waals surface area contributed by atoms with Gasteiger partial charge in [0.05, 0.1) is 4.90 Å². The lowest BCUT2D eigenvalue weighted by atomic mass is 10.2. The quantitative estimate of drug-likeness (QED) is 0.843. The van der Waals surface area contributed by atoms with Crippen molar-refractivity contribution in [2.24, 2.45) is 5.73 Å². The van der Waals surface area contributed by atoms with Gasteiger partial charge in [-0.05, 0) is 24.1 Å². The van der Waals surface area contributed by atoms with Gasteiger partial charge in [0.1, 0.15) is 0 Å². The second-order valence-electron chi connectivity index (χ2n) is 3.67. The topological polar surface area (TPSA) is 63.4 Å². The van der Waals surface area contributed by atoms with Crippen LogP contribution in [0.5, 0.6) is 0 Å². The Balaban J connectivity index is 2.98. The summed E-state index contributed by atoms with van der Waals surface area (Å²) in [5, 5.41) is 0. The van der Waals surface area contributed by atoms with Crippen molar-refractivity contribution in [2.45, 2.75) is 24.8 Å². The molecule has 90 valence electrons. The van der Waals surface area contributed by atoms with Gasteiger partial charge in [-0.3, -0.25) is 0 Å². The highest BCUT2D eigenvalue weighted by atomic mass is 32.2. The van der Waals surface area contributed by atoms with E-state index in [-0.39, 0.29) is 0 Å². The molecule has 0 bridgehead atoms. The molecule has 4 nitrogen and oxygen atoms in total. The van der Waals surface area contributed by atoms with Crippen LogP contribution in [0.15, 0.2) is 29.2 Å². The molecular weight excluding hydrogens is 224 g/mol. The Morgan fingerprint density at radius 1 is 1.25 bits per heavy atom. The molecule has 0 saturated heterocycles. The Bertz CT molecular complexity index is 426. The Kier molecular flexibility index (Phi) is 4.46. The van der Waals surface area contributed by atoms with E-state index in [4.69, 9.17) is 5.73 Å². The molecule has 0 aliphatic heterocycles. The van der Waals surface area contributed by atoms with Gasteiger partial charge in [0.15, 0.2) is 0 Å². The third-order valence-electron chi connectivity index (χ3n) is 2.41. The van der Waals surface area contributed by atoms with E-state index in [2.05, 4.69) is 0 Å². The molecule has 1 aromatic carbocycles. The van der Waals surface area contributed by atoms with E-state index in [1.165, 1.54) is 4.31 Å². The van der Waals surface area contributed by atoms with Crippen LogP contribution in [-0.2, 0) is 16.6 Å². The lowest BCUT2D eigenvalue weighted by Gasteiger charge is -2.16. The summed E-state index contributed by atoms with van der Waals surface area (Å²) in [6.45, 7) is 2.90. The molecule has 2 N–H and O–H groups in total. The van der Waals surface area contributed by atoms with E-state index in [1.54, 1.807) is 31.3 Å². The first-order valence-electron chi connectivity index (χ1n) is 5.27. The van der Waals surface area contributed by atoms with Crippen LogP contribution in [0.2, 0.25) is 0 Å². The number of sulfonamides is 1. The van der Waals surface area contributed by atoms with Crippen molar-refractivity contribution in [3.63, 3.8) is 0 Å². The second-order valence-corrected chi connectivity index (χ2v) is 5.72. The summed E-state index contributed by atoms with van der Waals surface area (Å²) in [7, 11) is -1.74. The van der Waals surface area contributed by atoms with Crippen molar-refractivity contribution in [2.75, 3.05) is 13.6 Å². The van der Waals surface area contributed by atoms with Crippen molar-refractivity contribution in [1.82, 2.24) is 4.31 Å². The van der Waals surface area contributed by atoms with Gasteiger partial charge in [0, 0.05) is 20.1 Å². The van der Waals surface area contributed by atoms with Crippen LogP contribution in [0.1, 0.15) is 18.9 Å². The van der Waals surface area contributed by atoms with E-state index in [0.717, 1.165) is 12.0 Å². The van der Waals surface area contributed by atoms with Crippen LogP contribution >= 0.6 is 0 Å². The van der Waals surface area contributed by atoms with E-state index < -0.39 is 10.0 Å². The summed E-state index contributed by atoms with van der Waals surface area (Å²) >= 11 is 0. The highest BCUT2D eigenvalue weighted by molar-refractivity contribution is 7.89. The summed E-state index contributed by atoms with van der Waals surface area (Å²) in [4.78, 5) is 0.320. The molecular formula is C11H18N2O2S. The maximum absolute atomic E-state index is 12.0. The number of benzene rings is 1. The van der Waals surface area contributed by atoms with Crippen LogP contribution in [-0.4, -0.2) is 26.3 Å². The fraction of sp³-hybridized carbons (Fsp3) is 0.455. The normalized spacial score (nSPS) is 12.0. The van der Waals surface area contributed by atoms with Gasteiger partial charge < -0.3 is 5.73 Å². The number of hydrogen-bond acceptors (Lipinski definition) is 3. The largest absolute Gasteiger partial charge is 0.326 e. The van der Waals surface area contributed by atoms with Gasteiger partial charge in [-0.2, -0.15) is 0 Å². The zero-order valence-electron chi connectivity index (χ0n) is 9.68. The van der Waals surface area contributed by atoms with Crippen LogP contribution in [0.3, 0.4) is 0 Å². The molecule has 0 radical (unpaired) electrons. The van der Waals surface area contributed by atoms with E-state index in [1.807, 2.05) is 6.92 Å². The van der Waals surface area contributed by atoms with E-state index >= 15 is 0 Å². The predicted octanol–water partition coefficient (Wildman–Crippen LogP) is 1.18. The van der Waals surface area contributed by atoms with Gasteiger partial charge in [0.2, 0.25) is 10.0 Å². The van der Waals surface area contributed by atoms with Crippen LogP contribution in [0.25, 0.3) is 0 Å². The highest BCUT2D eigenvalue weighted by Gasteiger charge is 2.19. The predicted molar refractivity (Wildman–Crippen MR) is 64.4 cm³/mol. The van der Waals surface area contributed by atoms with Crippen LogP contribution in [0, 0.1) is 0 Å². The van der Waals surface area contributed by atoms with Gasteiger partial charge >= 0.3 is 0 Å². The number of rotatable bonds is 5. The number of hydrogen-bond donors (Lipinski definition) is 1. The molecule has 0 unspecified atom stereocenters. The summed E-state index contributed by atoms with van der Waals surface area (Å²) in [5.74, 6) is 0. The fourth-order valence-electron chi connectivity index (χ4n) is 1.41. The molecule has 16 heavy (non-hydrogen) atoms. The summed E-state index contributed by atoms with van der Waals surface area (Å²) in [6.07, 6.45) is 0.802. The lowest BCUT2D eigenvalue weighted by molar-refractivity contribution is 0.468. The van der Waals surface area contributed by atoms with Gasteiger partial charge in [-0.15, -0.1) is 0 Å². The first-order chi connectivity index (χ1) is 7.52. The minimum atomic E-state index is -3.33. The Morgan fingerprint density at radius 3 is 2.25 bits per heavy atom. The van der Waals surface area contributed by atoms with Gasteiger partial charge in [-0.25, -0.2) is 12.7 Å². The monoisotopic (exact) mass is 242 g/mol. The summed E-state index contributed by atoms with van der Waals surface area (Å²) in [6, 6.07) is 6.69. The van der Waals surface area contributed by atoms with Crippen molar-refractivity contribution < 1.29 is 8.42 Å². The zero-order chi connectivity index (χ0) is 12.2. The van der Waals surface area contributed by atoms with Gasteiger partial charge in [-0.1, -0.05) is 19.1 Å². The molecule has 1 rings (SSSR count). The first kappa shape index (κ1) is 13.2. The zero-order valence-corrected chi connectivity index (χ0v) is 10.5. The first-order valence-corrected chi connectivity index (χ1v) is 6.71. The molecule has 0 amide bonds. The number of nitrogens with zero attached hydrogens (tertiary/aromatic N) is 1. The number of nitrogens with two attached hydrogens (primary N) is 1. The van der Waals surface area contributed by atoms with Crippen molar-refractivity contribution in [3.05, 3.63) is 29.8 Å². The minimum Gasteiger partial charge on any atom is -0.326 e. The maximum atomic E-state index is 12.0. The maximum Gasteiger partial charge on any atom is 0.242 e. The average molecular weight is 242 g/mol. The van der Waals surface area contributed by atoms with Crippen molar-refractivity contribution in [3.8, 4) is 0 Å². The molecule has 0 spiro atoms. The van der Waals surface area contributed by atoms with Gasteiger partial charge in [0.25, 0.3) is 0 Å². The summed E-state index contributed by atoms with van der Waals surface area (Å²) in [5.41, 5.74) is 6.38. The van der Waals surface area contributed by atoms with E-state index in [0.29, 0.717) is 18.0 Å². The fourth-order valence-corrected chi connectivity index (χ4v) is 2.68. The Hall–Kier alpha value is -0.910. The molecule has 0 aliphatic rings. The molecule has 5 heteroatoms. The average Bonchev–Trinajstić information content (AvgIpc) is 2.29. The van der Waals surface area contributed by atoms with Crippen molar-refractivity contribution >= 4 is 10.0 Å². The standard InChI is InChI=1S/C11H18N2O2S/c1-3-8-13(2)16(14,15)11-6-4-10(9-12)5-7-11/h4-7H,3,8-9,12H2,1-2H3. The second kappa shape index (κ2) is 5.43. The molecule has 0 atom stereocenters. The summed E-state index contributed by atoms with van der Waals surface area (Å²) < 4.78 is 25.4. The lowest BCUT2D eigenvalue weighted by Crippen LogP contribution is -2.27. The Morgan fingerprint density at radius 2 is 1.81 bits per heavy atom. The third kappa shape index (κ3) is 2.81. The Labute approximate surface area is 97.1 Å². The molecule has 0 heterocycles. The molecule has 0 saturated carbocycles. The molecule has 0 fully saturated rings. The third-order valence-corrected chi connectivity index (χ3v) is 4.28.